The van der Waals surface area contributed by atoms with E-state index < -0.39 is 24.6 Å². The lowest BCUT2D eigenvalue weighted by atomic mass is 10.00. The quantitative estimate of drug-likeness (QED) is 0.574. The average molecular weight is 189 g/mol. The Morgan fingerprint density at radius 3 is 2.17 bits per heavy atom. The maximum Gasteiger partial charge on any atom is 0.409 e. The molecule has 72 valence electrons. The van der Waals surface area contributed by atoms with Gasteiger partial charge in [0.05, 0.1) is 0 Å². The van der Waals surface area contributed by atoms with Crippen LogP contribution in [0.2, 0.25) is 0 Å². The molecule has 1 heterocycles. The highest BCUT2D eigenvalue weighted by Crippen LogP contribution is 2.37. The van der Waals surface area contributed by atoms with Crippen molar-refractivity contribution in [1.29, 1.82) is 0 Å². The third-order valence-electron chi connectivity index (χ3n) is 1.79. The van der Waals surface area contributed by atoms with Gasteiger partial charge in [-0.15, -0.1) is 0 Å². The van der Waals surface area contributed by atoms with E-state index in [4.69, 9.17) is 0 Å². The van der Waals surface area contributed by atoms with Crippen LogP contribution in [0.4, 0.5) is 22.0 Å². The van der Waals surface area contributed by atoms with Crippen molar-refractivity contribution in [3.8, 4) is 0 Å². The summed E-state index contributed by atoms with van der Waals surface area (Å²) in [5.41, 5.74) is 0. The van der Waals surface area contributed by atoms with Crippen LogP contribution in [0.5, 0.6) is 0 Å². The van der Waals surface area contributed by atoms with E-state index in [1.807, 2.05) is 0 Å². The molecule has 0 bridgehead atoms. The van der Waals surface area contributed by atoms with Gasteiger partial charge in [0.2, 0.25) is 0 Å². The fourth-order valence-electron chi connectivity index (χ4n) is 1.22. The van der Waals surface area contributed by atoms with Gasteiger partial charge in [-0.05, 0) is 13.0 Å². The lowest BCUT2D eigenvalue weighted by Gasteiger charge is -2.33. The molecular weight excluding hydrogens is 181 g/mol. The molecule has 0 saturated carbocycles. The standard InChI is InChI=1S/C6H8F5N/c7-5(8)2-1-3-12-4(5)6(9,10)11/h4,12H,1-3H2. The Morgan fingerprint density at radius 2 is 1.83 bits per heavy atom. The van der Waals surface area contributed by atoms with E-state index in [-0.39, 0.29) is 13.0 Å². The largest absolute Gasteiger partial charge is 0.409 e. The first-order valence-electron chi connectivity index (χ1n) is 3.52. The van der Waals surface area contributed by atoms with Crippen molar-refractivity contribution in [3.05, 3.63) is 0 Å². The molecule has 0 aromatic carbocycles. The van der Waals surface area contributed by atoms with Gasteiger partial charge in [0, 0.05) is 6.42 Å². The van der Waals surface area contributed by atoms with Crippen molar-refractivity contribution in [3.63, 3.8) is 0 Å². The maximum absolute atomic E-state index is 12.6. The predicted molar refractivity (Wildman–Crippen MR) is 32.0 cm³/mol. The van der Waals surface area contributed by atoms with Gasteiger partial charge >= 0.3 is 6.18 Å². The Bertz CT molecular complexity index is 164. The highest BCUT2D eigenvalue weighted by atomic mass is 19.4. The van der Waals surface area contributed by atoms with Crippen molar-refractivity contribution in [2.24, 2.45) is 0 Å². The number of hydrogen-bond acceptors (Lipinski definition) is 1. The van der Waals surface area contributed by atoms with Gasteiger partial charge in [-0.25, -0.2) is 8.78 Å². The molecule has 6 heteroatoms. The monoisotopic (exact) mass is 189 g/mol. The molecule has 0 radical (unpaired) electrons. The second-order valence-electron chi connectivity index (χ2n) is 2.79. The smallest absolute Gasteiger partial charge is 0.301 e. The zero-order chi connectivity index (χ0) is 9.41. The van der Waals surface area contributed by atoms with Gasteiger partial charge in [-0.2, -0.15) is 13.2 Å². The van der Waals surface area contributed by atoms with Crippen molar-refractivity contribution in [2.45, 2.75) is 31.0 Å². The van der Waals surface area contributed by atoms with Gasteiger partial charge in [-0.1, -0.05) is 0 Å². The first-order chi connectivity index (χ1) is 5.34. The number of nitrogens with one attached hydrogen (secondary N) is 1. The number of rotatable bonds is 0. The summed E-state index contributed by atoms with van der Waals surface area (Å²) in [4.78, 5) is 0. The SMILES string of the molecule is FC(F)(F)C1NCCCC1(F)F. The summed E-state index contributed by atoms with van der Waals surface area (Å²) in [7, 11) is 0. The predicted octanol–water partition coefficient (Wildman–Crippen LogP) is 1.94. The summed E-state index contributed by atoms with van der Waals surface area (Å²) in [6.07, 6.45) is -5.46. The molecule has 0 aromatic heterocycles. The third-order valence-corrected chi connectivity index (χ3v) is 1.79. The molecule has 0 amide bonds. The molecule has 1 aliphatic rings. The van der Waals surface area contributed by atoms with Crippen LogP contribution < -0.4 is 5.32 Å². The second kappa shape index (κ2) is 2.83. The van der Waals surface area contributed by atoms with Crippen LogP contribution in [0.3, 0.4) is 0 Å². The van der Waals surface area contributed by atoms with Crippen LogP contribution >= 0.6 is 0 Å². The van der Waals surface area contributed by atoms with Crippen molar-refractivity contribution in [1.82, 2.24) is 5.32 Å². The molecule has 1 unspecified atom stereocenters. The summed E-state index contributed by atoms with van der Waals surface area (Å²) >= 11 is 0. The third kappa shape index (κ3) is 1.85. The van der Waals surface area contributed by atoms with E-state index >= 15 is 0 Å². The van der Waals surface area contributed by atoms with Crippen LogP contribution in [0, 0.1) is 0 Å². The zero-order valence-corrected chi connectivity index (χ0v) is 6.09. The fourth-order valence-corrected chi connectivity index (χ4v) is 1.22. The number of hydrogen-bond donors (Lipinski definition) is 1. The van der Waals surface area contributed by atoms with Crippen LogP contribution in [-0.4, -0.2) is 24.7 Å². The minimum absolute atomic E-state index is 0.000231. The van der Waals surface area contributed by atoms with E-state index in [9.17, 15) is 22.0 Å². The van der Waals surface area contributed by atoms with Crippen LogP contribution in [0.1, 0.15) is 12.8 Å². The molecular formula is C6H8F5N. The van der Waals surface area contributed by atoms with Crippen molar-refractivity contribution >= 4 is 0 Å². The molecule has 1 nitrogen and oxygen atoms in total. The lowest BCUT2D eigenvalue weighted by molar-refractivity contribution is -0.223. The Hall–Kier alpha value is -0.390. The Labute approximate surface area is 65.9 Å². The average Bonchev–Trinajstić information content (AvgIpc) is 1.83. The van der Waals surface area contributed by atoms with E-state index in [2.05, 4.69) is 0 Å². The first kappa shape index (κ1) is 9.70. The molecule has 12 heavy (non-hydrogen) atoms. The highest BCUT2D eigenvalue weighted by molar-refractivity contribution is 4.92. The van der Waals surface area contributed by atoms with Crippen LogP contribution in [-0.2, 0) is 0 Å². The molecule has 0 aromatic rings. The topological polar surface area (TPSA) is 12.0 Å². The van der Waals surface area contributed by atoms with Crippen LogP contribution in [0.25, 0.3) is 0 Å². The minimum Gasteiger partial charge on any atom is -0.301 e. The van der Waals surface area contributed by atoms with E-state index in [0.29, 0.717) is 0 Å². The summed E-state index contributed by atoms with van der Waals surface area (Å²) in [5, 5.41) is 1.77. The van der Waals surface area contributed by atoms with Crippen molar-refractivity contribution in [2.75, 3.05) is 6.54 Å². The summed E-state index contributed by atoms with van der Waals surface area (Å²) in [5.74, 6) is -3.66. The van der Waals surface area contributed by atoms with Gasteiger partial charge in [0.15, 0.2) is 6.04 Å². The van der Waals surface area contributed by atoms with E-state index in [0.717, 1.165) is 0 Å². The molecule has 0 aliphatic carbocycles. The first-order valence-corrected chi connectivity index (χ1v) is 3.52. The number of halogens is 5. The van der Waals surface area contributed by atoms with Gasteiger partial charge in [0.25, 0.3) is 5.92 Å². The van der Waals surface area contributed by atoms with Gasteiger partial charge < -0.3 is 5.32 Å². The lowest BCUT2D eigenvalue weighted by Crippen LogP contribution is -2.57. The molecule has 1 atom stereocenters. The number of piperidine rings is 1. The van der Waals surface area contributed by atoms with E-state index in [1.165, 1.54) is 0 Å². The molecule has 1 aliphatic heterocycles. The summed E-state index contributed by atoms with van der Waals surface area (Å²) in [6.45, 7) is -0.000231. The Kier molecular flexibility index (Phi) is 2.29. The number of alkyl halides is 5. The molecule has 1 rings (SSSR count). The minimum atomic E-state index is -4.86. The molecule has 1 N–H and O–H groups in total. The van der Waals surface area contributed by atoms with Crippen LogP contribution in [0.15, 0.2) is 0 Å². The maximum atomic E-state index is 12.6. The molecule has 0 spiro atoms. The van der Waals surface area contributed by atoms with Gasteiger partial charge in [-0.3, -0.25) is 0 Å². The van der Waals surface area contributed by atoms with Crippen molar-refractivity contribution < 1.29 is 22.0 Å². The van der Waals surface area contributed by atoms with Gasteiger partial charge in [0.1, 0.15) is 0 Å². The highest BCUT2D eigenvalue weighted by Gasteiger charge is 2.56. The summed E-state index contributed by atoms with van der Waals surface area (Å²) in [6, 6.07) is -2.67. The Morgan fingerprint density at radius 1 is 1.25 bits per heavy atom. The summed E-state index contributed by atoms with van der Waals surface area (Å²) < 4.78 is 60.8. The van der Waals surface area contributed by atoms with E-state index in [1.54, 1.807) is 5.32 Å². The Balaban J connectivity index is 2.73. The normalized spacial score (nSPS) is 30.2. The molecule has 1 fully saturated rings. The fraction of sp³-hybridized carbons (Fsp3) is 1.00. The second-order valence-corrected chi connectivity index (χ2v) is 2.79. The zero-order valence-electron chi connectivity index (χ0n) is 6.09. The molecule has 1 saturated heterocycles.